The summed E-state index contributed by atoms with van der Waals surface area (Å²) < 4.78 is 18.9. The van der Waals surface area contributed by atoms with E-state index in [0.29, 0.717) is 17.8 Å². The van der Waals surface area contributed by atoms with E-state index in [-0.39, 0.29) is 24.3 Å². The Balaban J connectivity index is 1.87. The molecule has 0 radical (unpaired) electrons. The molecule has 7 heteroatoms. The molecular formula is C20H30FN3O3. The Hall–Kier alpha value is -2.15. The lowest BCUT2D eigenvalue weighted by Crippen LogP contribution is -2.49. The van der Waals surface area contributed by atoms with Crippen molar-refractivity contribution in [3.05, 3.63) is 29.6 Å². The number of rotatable bonds is 5. The lowest BCUT2D eigenvalue weighted by atomic mass is 10.0. The Bertz CT molecular complexity index is 673. The smallest absolute Gasteiger partial charge is 0.407 e. The standard InChI is InChI=1S/C20H30FN3O3/c1-14-8-9-15(11-17(14)21)23-18(25)13-24-10-6-5-7-16(24)12-22-19(26)27-20(2,3)4/h8-9,11,16H,5-7,10,12-13H2,1-4H3,(H,22,26)(H,23,25). The lowest BCUT2D eigenvalue weighted by Gasteiger charge is -2.35. The molecule has 1 unspecified atom stereocenters. The molecule has 2 rings (SSSR count). The Morgan fingerprint density at radius 2 is 2.04 bits per heavy atom. The number of aryl methyl sites for hydroxylation is 1. The minimum atomic E-state index is -0.542. The van der Waals surface area contributed by atoms with E-state index < -0.39 is 11.7 Å². The van der Waals surface area contributed by atoms with Gasteiger partial charge in [0.25, 0.3) is 0 Å². The van der Waals surface area contributed by atoms with E-state index in [9.17, 15) is 14.0 Å². The number of likely N-dealkylation sites (tertiary alicyclic amines) is 1. The molecule has 0 aliphatic carbocycles. The van der Waals surface area contributed by atoms with Crippen molar-refractivity contribution in [3.8, 4) is 0 Å². The van der Waals surface area contributed by atoms with Crippen molar-refractivity contribution in [2.24, 2.45) is 0 Å². The molecule has 0 aromatic heterocycles. The number of amides is 2. The van der Waals surface area contributed by atoms with Gasteiger partial charge in [0.05, 0.1) is 6.54 Å². The highest BCUT2D eigenvalue weighted by atomic mass is 19.1. The minimum Gasteiger partial charge on any atom is -0.444 e. The largest absolute Gasteiger partial charge is 0.444 e. The van der Waals surface area contributed by atoms with E-state index in [0.717, 1.165) is 25.8 Å². The van der Waals surface area contributed by atoms with Crippen molar-refractivity contribution >= 4 is 17.7 Å². The lowest BCUT2D eigenvalue weighted by molar-refractivity contribution is -0.118. The highest BCUT2D eigenvalue weighted by Crippen LogP contribution is 2.18. The third-order valence-corrected chi connectivity index (χ3v) is 4.43. The summed E-state index contributed by atoms with van der Waals surface area (Å²) in [6.07, 6.45) is 2.52. The molecule has 0 spiro atoms. The summed E-state index contributed by atoms with van der Waals surface area (Å²) in [5.74, 6) is -0.535. The van der Waals surface area contributed by atoms with Gasteiger partial charge in [0.2, 0.25) is 5.91 Å². The average Bonchev–Trinajstić information content (AvgIpc) is 2.56. The molecule has 1 aliphatic heterocycles. The molecule has 0 saturated carbocycles. The monoisotopic (exact) mass is 379 g/mol. The van der Waals surface area contributed by atoms with Crippen LogP contribution in [-0.4, -0.2) is 48.2 Å². The van der Waals surface area contributed by atoms with Crippen molar-refractivity contribution in [2.75, 3.05) is 25.0 Å². The van der Waals surface area contributed by atoms with Crippen molar-refractivity contribution in [1.82, 2.24) is 10.2 Å². The second-order valence-corrected chi connectivity index (χ2v) is 8.02. The maximum absolute atomic E-state index is 13.6. The third kappa shape index (κ3) is 7.17. The number of nitrogens with one attached hydrogen (secondary N) is 2. The molecule has 1 heterocycles. The van der Waals surface area contributed by atoms with Gasteiger partial charge in [0, 0.05) is 18.3 Å². The zero-order chi connectivity index (χ0) is 20.0. The molecule has 1 aromatic rings. The van der Waals surface area contributed by atoms with Crippen molar-refractivity contribution in [3.63, 3.8) is 0 Å². The Morgan fingerprint density at radius 3 is 2.70 bits per heavy atom. The summed E-state index contributed by atoms with van der Waals surface area (Å²) in [5, 5.41) is 5.53. The molecule has 2 N–H and O–H groups in total. The van der Waals surface area contributed by atoms with Crippen LogP contribution < -0.4 is 10.6 Å². The number of alkyl carbamates (subject to hydrolysis) is 1. The second kappa shape index (κ2) is 9.17. The van der Waals surface area contributed by atoms with Crippen molar-refractivity contribution in [1.29, 1.82) is 0 Å². The van der Waals surface area contributed by atoms with E-state index in [1.165, 1.54) is 6.07 Å². The van der Waals surface area contributed by atoms with Gasteiger partial charge in [-0.05, 0) is 64.8 Å². The van der Waals surface area contributed by atoms with E-state index in [1.54, 1.807) is 19.1 Å². The SMILES string of the molecule is Cc1ccc(NC(=O)CN2CCCCC2CNC(=O)OC(C)(C)C)cc1F. The number of benzene rings is 1. The van der Waals surface area contributed by atoms with Crippen LogP contribution in [0.2, 0.25) is 0 Å². The van der Waals surface area contributed by atoms with Gasteiger partial charge in [-0.25, -0.2) is 9.18 Å². The number of hydrogen-bond acceptors (Lipinski definition) is 4. The van der Waals surface area contributed by atoms with Crippen LogP contribution in [0.25, 0.3) is 0 Å². The van der Waals surface area contributed by atoms with Crippen LogP contribution in [0.3, 0.4) is 0 Å². The van der Waals surface area contributed by atoms with E-state index in [4.69, 9.17) is 4.74 Å². The summed E-state index contributed by atoms with van der Waals surface area (Å²) in [6, 6.07) is 4.73. The summed E-state index contributed by atoms with van der Waals surface area (Å²) in [7, 11) is 0. The minimum absolute atomic E-state index is 0.0757. The quantitative estimate of drug-likeness (QED) is 0.822. The molecule has 1 fully saturated rings. The molecule has 1 aliphatic rings. The highest BCUT2D eigenvalue weighted by molar-refractivity contribution is 5.92. The van der Waals surface area contributed by atoms with Crippen LogP contribution in [0.4, 0.5) is 14.9 Å². The number of piperidine rings is 1. The zero-order valence-electron chi connectivity index (χ0n) is 16.6. The number of nitrogens with zero attached hydrogens (tertiary/aromatic N) is 1. The van der Waals surface area contributed by atoms with Crippen LogP contribution in [0.1, 0.15) is 45.6 Å². The van der Waals surface area contributed by atoms with Crippen molar-refractivity contribution in [2.45, 2.75) is 58.6 Å². The first kappa shape index (κ1) is 21.2. The Kier molecular flexibility index (Phi) is 7.18. The molecule has 2 amide bonds. The van der Waals surface area contributed by atoms with Gasteiger partial charge in [-0.3, -0.25) is 9.69 Å². The van der Waals surface area contributed by atoms with Gasteiger partial charge in [0.1, 0.15) is 11.4 Å². The molecule has 1 atom stereocenters. The van der Waals surface area contributed by atoms with E-state index in [2.05, 4.69) is 15.5 Å². The number of hydrogen-bond donors (Lipinski definition) is 2. The normalized spacial score (nSPS) is 18.0. The van der Waals surface area contributed by atoms with Crippen LogP contribution in [0.5, 0.6) is 0 Å². The first-order valence-electron chi connectivity index (χ1n) is 9.41. The summed E-state index contributed by atoms with van der Waals surface area (Å²) >= 11 is 0. The summed E-state index contributed by atoms with van der Waals surface area (Å²) in [5.41, 5.74) is 0.445. The average molecular weight is 379 g/mol. The summed E-state index contributed by atoms with van der Waals surface area (Å²) in [4.78, 5) is 26.3. The molecule has 27 heavy (non-hydrogen) atoms. The maximum Gasteiger partial charge on any atom is 0.407 e. The fourth-order valence-electron chi connectivity index (χ4n) is 3.07. The third-order valence-electron chi connectivity index (χ3n) is 4.43. The number of halogens is 1. The van der Waals surface area contributed by atoms with Gasteiger partial charge in [0.15, 0.2) is 0 Å². The fourth-order valence-corrected chi connectivity index (χ4v) is 3.07. The molecule has 6 nitrogen and oxygen atoms in total. The van der Waals surface area contributed by atoms with E-state index in [1.807, 2.05) is 20.8 Å². The van der Waals surface area contributed by atoms with Crippen molar-refractivity contribution < 1.29 is 18.7 Å². The topological polar surface area (TPSA) is 70.7 Å². The second-order valence-electron chi connectivity index (χ2n) is 8.02. The van der Waals surface area contributed by atoms with Crippen LogP contribution in [0.15, 0.2) is 18.2 Å². The molecule has 150 valence electrons. The number of carbonyl (C=O) groups excluding carboxylic acids is 2. The van der Waals surface area contributed by atoms with Gasteiger partial charge < -0.3 is 15.4 Å². The Morgan fingerprint density at radius 1 is 1.30 bits per heavy atom. The van der Waals surface area contributed by atoms with Crippen LogP contribution >= 0.6 is 0 Å². The number of anilines is 1. The van der Waals surface area contributed by atoms with Gasteiger partial charge in [-0.2, -0.15) is 0 Å². The molecule has 0 bridgehead atoms. The van der Waals surface area contributed by atoms with E-state index >= 15 is 0 Å². The van der Waals surface area contributed by atoms with Crippen LogP contribution in [0, 0.1) is 12.7 Å². The molecule has 1 saturated heterocycles. The maximum atomic E-state index is 13.6. The first-order chi connectivity index (χ1) is 12.6. The number of carbonyl (C=O) groups is 2. The predicted molar refractivity (Wildman–Crippen MR) is 103 cm³/mol. The van der Waals surface area contributed by atoms with Gasteiger partial charge >= 0.3 is 6.09 Å². The Labute approximate surface area is 160 Å². The van der Waals surface area contributed by atoms with Crippen LogP contribution in [-0.2, 0) is 9.53 Å². The fraction of sp³-hybridized carbons (Fsp3) is 0.600. The molecule has 1 aromatic carbocycles. The predicted octanol–water partition coefficient (Wildman–Crippen LogP) is 3.45. The first-order valence-corrected chi connectivity index (χ1v) is 9.41. The summed E-state index contributed by atoms with van der Waals surface area (Å²) in [6.45, 7) is 8.55. The highest BCUT2D eigenvalue weighted by Gasteiger charge is 2.25. The zero-order valence-corrected chi connectivity index (χ0v) is 16.6. The molecular weight excluding hydrogens is 349 g/mol. The number of ether oxygens (including phenoxy) is 1. The van der Waals surface area contributed by atoms with Gasteiger partial charge in [-0.15, -0.1) is 0 Å². The van der Waals surface area contributed by atoms with Gasteiger partial charge in [-0.1, -0.05) is 12.5 Å².